The van der Waals surface area contributed by atoms with E-state index in [1.165, 1.54) is 0 Å². The van der Waals surface area contributed by atoms with Gasteiger partial charge in [0.05, 0.1) is 13.2 Å². The Bertz CT molecular complexity index is 420. The smallest absolute Gasteiger partial charge is 0.381 e. The van der Waals surface area contributed by atoms with Gasteiger partial charge in [-0.1, -0.05) is 0 Å². The molecule has 0 aromatic carbocycles. The summed E-state index contributed by atoms with van der Waals surface area (Å²) < 4.78 is 182. The molecule has 0 amide bonds. The Hall–Kier alpha value is -1.10. The molecular formula is C12H12F14O3. The Labute approximate surface area is 152 Å². The molecule has 3 nitrogen and oxygen atoms in total. The maximum absolute atomic E-state index is 13.0. The van der Waals surface area contributed by atoms with Crippen molar-refractivity contribution in [2.24, 2.45) is 0 Å². The zero-order chi connectivity index (χ0) is 23.4. The van der Waals surface area contributed by atoms with E-state index in [0.29, 0.717) is 0 Å². The van der Waals surface area contributed by atoms with Gasteiger partial charge in [0, 0.05) is 13.2 Å². The van der Waals surface area contributed by atoms with Gasteiger partial charge in [-0.05, 0) is 12.8 Å². The van der Waals surface area contributed by atoms with Crippen molar-refractivity contribution in [1.82, 2.24) is 0 Å². The fourth-order valence-corrected chi connectivity index (χ4v) is 1.50. The number of alkyl halides is 14. The first-order valence-corrected chi connectivity index (χ1v) is 7.21. The molecular weight excluding hydrogens is 458 g/mol. The van der Waals surface area contributed by atoms with Crippen LogP contribution in [0.3, 0.4) is 0 Å². The molecule has 0 fully saturated rings. The van der Waals surface area contributed by atoms with Crippen LogP contribution in [0.4, 0.5) is 61.5 Å². The van der Waals surface area contributed by atoms with Crippen molar-refractivity contribution in [3.05, 3.63) is 0 Å². The summed E-state index contributed by atoms with van der Waals surface area (Å²) in [5.74, 6) is -11.9. The second-order valence-corrected chi connectivity index (χ2v) is 5.20. The highest BCUT2D eigenvalue weighted by Gasteiger charge is 2.75. The lowest BCUT2D eigenvalue weighted by atomic mass is 10.3. The monoisotopic (exact) mass is 470 g/mol. The summed E-state index contributed by atoms with van der Waals surface area (Å²) in [7, 11) is 0. The third-order valence-corrected chi connectivity index (χ3v) is 2.93. The van der Waals surface area contributed by atoms with E-state index in [1.54, 1.807) is 0 Å². The minimum Gasteiger partial charge on any atom is -0.381 e. The normalized spacial score (nSPS) is 15.1. The molecule has 0 aliphatic carbocycles. The minimum absolute atomic E-state index is 0.703. The maximum Gasteiger partial charge on any atom is 0.458 e. The SMILES string of the molecule is FC(F)(F)C(F)(OCCCOCCCOC(F)(C(F)(F)F)C(F)(F)F)C(F)(F)F. The standard InChI is InChI=1S/C12H12F14O3/c13-7(9(15,16)17,10(18,19)20)28-5-1-3-27-4-2-6-29-8(14,11(21,22)23)12(24,25)26/h1-6H2. The topological polar surface area (TPSA) is 27.7 Å². The second-order valence-electron chi connectivity index (χ2n) is 5.20. The summed E-state index contributed by atoms with van der Waals surface area (Å²) in [6.45, 7) is -4.29. The van der Waals surface area contributed by atoms with Gasteiger partial charge in [0.25, 0.3) is 0 Å². The fraction of sp³-hybridized carbons (Fsp3) is 1.00. The van der Waals surface area contributed by atoms with Crippen molar-refractivity contribution in [2.45, 2.75) is 49.3 Å². The number of rotatable bonds is 10. The molecule has 17 heteroatoms. The van der Waals surface area contributed by atoms with Gasteiger partial charge in [0.15, 0.2) is 0 Å². The van der Waals surface area contributed by atoms with Crippen LogP contribution in [0.2, 0.25) is 0 Å². The number of ether oxygens (including phenoxy) is 3. The zero-order valence-corrected chi connectivity index (χ0v) is 13.8. The molecule has 0 N–H and O–H groups in total. The van der Waals surface area contributed by atoms with E-state index in [2.05, 4.69) is 14.2 Å². The van der Waals surface area contributed by atoms with Crippen molar-refractivity contribution < 1.29 is 75.7 Å². The van der Waals surface area contributed by atoms with Gasteiger partial charge >= 0.3 is 36.4 Å². The van der Waals surface area contributed by atoms with Crippen molar-refractivity contribution in [3.8, 4) is 0 Å². The molecule has 0 aliphatic rings. The van der Waals surface area contributed by atoms with E-state index in [1.807, 2.05) is 0 Å². The molecule has 0 rings (SSSR count). The summed E-state index contributed by atoms with van der Waals surface area (Å²) >= 11 is 0. The van der Waals surface area contributed by atoms with Crippen molar-refractivity contribution in [2.75, 3.05) is 26.4 Å². The molecule has 0 saturated heterocycles. The third-order valence-electron chi connectivity index (χ3n) is 2.93. The summed E-state index contributed by atoms with van der Waals surface area (Å²) in [5.41, 5.74) is 0. The Kier molecular flexibility index (Phi) is 9.01. The summed E-state index contributed by atoms with van der Waals surface area (Å²) in [6.07, 6.45) is -27.2. The van der Waals surface area contributed by atoms with Crippen molar-refractivity contribution >= 4 is 0 Å². The van der Waals surface area contributed by atoms with Crippen LogP contribution in [0.5, 0.6) is 0 Å². The molecule has 0 aromatic rings. The van der Waals surface area contributed by atoms with E-state index >= 15 is 0 Å². The van der Waals surface area contributed by atoms with Crippen LogP contribution >= 0.6 is 0 Å². The highest BCUT2D eigenvalue weighted by molar-refractivity contribution is 4.86. The number of halogens is 14. The third kappa shape index (κ3) is 6.97. The average molecular weight is 470 g/mol. The lowest BCUT2D eigenvalue weighted by Gasteiger charge is -2.29. The predicted molar refractivity (Wildman–Crippen MR) is 63.9 cm³/mol. The van der Waals surface area contributed by atoms with Crippen molar-refractivity contribution in [3.63, 3.8) is 0 Å². The van der Waals surface area contributed by atoms with Crippen LogP contribution in [0.1, 0.15) is 12.8 Å². The fourth-order valence-electron chi connectivity index (χ4n) is 1.50. The van der Waals surface area contributed by atoms with Crippen LogP contribution < -0.4 is 0 Å². The van der Waals surface area contributed by atoms with E-state index in [0.717, 1.165) is 0 Å². The first-order valence-electron chi connectivity index (χ1n) is 7.21. The Morgan fingerprint density at radius 2 is 0.621 bits per heavy atom. The highest BCUT2D eigenvalue weighted by Crippen LogP contribution is 2.48. The number of hydrogen-bond donors (Lipinski definition) is 0. The van der Waals surface area contributed by atoms with Gasteiger partial charge in [-0.25, -0.2) is 0 Å². The van der Waals surface area contributed by atoms with Crippen LogP contribution in [0, 0.1) is 0 Å². The highest BCUT2D eigenvalue weighted by atomic mass is 19.4. The van der Waals surface area contributed by atoms with E-state index < -0.39 is 75.7 Å². The van der Waals surface area contributed by atoms with E-state index in [9.17, 15) is 61.5 Å². The molecule has 0 aliphatic heterocycles. The maximum atomic E-state index is 13.0. The lowest BCUT2D eigenvalue weighted by Crippen LogP contribution is -2.55. The molecule has 0 heterocycles. The summed E-state index contributed by atoms with van der Waals surface area (Å²) in [4.78, 5) is 0. The van der Waals surface area contributed by atoms with E-state index in [-0.39, 0.29) is 0 Å². The first-order chi connectivity index (χ1) is 12.7. The quantitative estimate of drug-likeness (QED) is 0.316. The summed E-state index contributed by atoms with van der Waals surface area (Å²) in [5, 5.41) is 0. The second kappa shape index (κ2) is 9.36. The Morgan fingerprint density at radius 1 is 0.379 bits per heavy atom. The van der Waals surface area contributed by atoms with Gasteiger partial charge in [-0.15, -0.1) is 0 Å². The molecule has 0 aromatic heterocycles. The largest absolute Gasteiger partial charge is 0.458 e. The van der Waals surface area contributed by atoms with Crippen LogP contribution in [0.25, 0.3) is 0 Å². The van der Waals surface area contributed by atoms with Gasteiger partial charge in [0.2, 0.25) is 0 Å². The van der Waals surface area contributed by atoms with Gasteiger partial charge < -0.3 is 14.2 Å². The molecule has 176 valence electrons. The molecule has 29 heavy (non-hydrogen) atoms. The first kappa shape index (κ1) is 27.9. The molecule has 0 unspecified atom stereocenters. The van der Waals surface area contributed by atoms with Gasteiger partial charge in [-0.3, -0.25) is 0 Å². The van der Waals surface area contributed by atoms with Crippen molar-refractivity contribution in [1.29, 1.82) is 0 Å². The van der Waals surface area contributed by atoms with Gasteiger partial charge in [-0.2, -0.15) is 61.5 Å². The molecule has 0 radical (unpaired) electrons. The average Bonchev–Trinajstić information content (AvgIpc) is 2.48. The Balaban J connectivity index is 4.28. The molecule has 0 bridgehead atoms. The Morgan fingerprint density at radius 3 is 0.828 bits per heavy atom. The van der Waals surface area contributed by atoms with Crippen LogP contribution in [-0.2, 0) is 14.2 Å². The van der Waals surface area contributed by atoms with Crippen LogP contribution in [-0.4, -0.2) is 62.8 Å². The molecule has 0 atom stereocenters. The van der Waals surface area contributed by atoms with E-state index in [4.69, 9.17) is 0 Å². The molecule has 0 spiro atoms. The summed E-state index contributed by atoms with van der Waals surface area (Å²) in [6, 6.07) is 0. The number of hydrogen-bond acceptors (Lipinski definition) is 3. The zero-order valence-electron chi connectivity index (χ0n) is 13.8. The predicted octanol–water partition coefficient (Wildman–Crippen LogP) is 5.40. The minimum atomic E-state index is -6.43. The van der Waals surface area contributed by atoms with Gasteiger partial charge in [0.1, 0.15) is 0 Å². The molecule has 0 saturated carbocycles. The van der Waals surface area contributed by atoms with Crippen LogP contribution in [0.15, 0.2) is 0 Å². The lowest BCUT2D eigenvalue weighted by molar-refractivity contribution is -0.430.